The maximum Gasteiger partial charge on any atom is 0.335 e. The number of nitrogens with one attached hydrogen (secondary N) is 1. The summed E-state index contributed by atoms with van der Waals surface area (Å²) < 4.78 is 24.7. The molecule has 0 bridgehead atoms. The van der Waals surface area contributed by atoms with Crippen LogP contribution in [-0.4, -0.2) is 18.2 Å². The molecular formula is C19H16FNO4. The number of anilines is 1. The van der Waals surface area contributed by atoms with Crippen molar-refractivity contribution < 1.29 is 23.4 Å². The van der Waals surface area contributed by atoms with Gasteiger partial charge in [0.2, 0.25) is 0 Å². The number of ether oxygens (including phenoxy) is 1. The van der Waals surface area contributed by atoms with Crippen LogP contribution < -0.4 is 10.1 Å². The molecule has 5 nitrogen and oxygen atoms in total. The van der Waals surface area contributed by atoms with Crippen LogP contribution in [0.2, 0.25) is 0 Å². The first-order valence-electron chi connectivity index (χ1n) is 7.57. The number of benzene rings is 2. The van der Waals surface area contributed by atoms with E-state index < -0.39 is 5.97 Å². The number of halogens is 1. The first-order valence-corrected chi connectivity index (χ1v) is 7.57. The van der Waals surface area contributed by atoms with Crippen molar-refractivity contribution in [2.75, 3.05) is 12.4 Å². The molecule has 0 aliphatic carbocycles. The normalized spacial score (nSPS) is 10.5. The Morgan fingerprint density at radius 1 is 1.20 bits per heavy atom. The Morgan fingerprint density at radius 3 is 2.72 bits per heavy atom. The fourth-order valence-corrected chi connectivity index (χ4v) is 2.44. The number of rotatable bonds is 6. The fourth-order valence-electron chi connectivity index (χ4n) is 2.44. The summed E-state index contributed by atoms with van der Waals surface area (Å²) in [6.45, 7) is 0.299. The Balaban J connectivity index is 1.78. The SMILES string of the molecule is COc1ccc(C(=O)O)cc1NCc1ccc(-c2ccccc2F)o1. The molecule has 1 heterocycles. The van der Waals surface area contributed by atoms with E-state index in [1.807, 2.05) is 0 Å². The summed E-state index contributed by atoms with van der Waals surface area (Å²) in [6, 6.07) is 14.3. The smallest absolute Gasteiger partial charge is 0.335 e. The molecule has 0 spiro atoms. The average molecular weight is 341 g/mol. The van der Waals surface area contributed by atoms with Crippen LogP contribution in [0, 0.1) is 5.82 Å². The molecule has 0 aliphatic rings. The van der Waals surface area contributed by atoms with Gasteiger partial charge in [0.25, 0.3) is 0 Å². The van der Waals surface area contributed by atoms with Crippen LogP contribution in [0.3, 0.4) is 0 Å². The van der Waals surface area contributed by atoms with Crippen molar-refractivity contribution >= 4 is 11.7 Å². The second kappa shape index (κ2) is 7.09. The molecule has 3 rings (SSSR count). The minimum atomic E-state index is -1.02. The van der Waals surface area contributed by atoms with Gasteiger partial charge in [0, 0.05) is 0 Å². The highest BCUT2D eigenvalue weighted by Crippen LogP contribution is 2.28. The van der Waals surface area contributed by atoms with Gasteiger partial charge in [0.15, 0.2) is 0 Å². The highest BCUT2D eigenvalue weighted by Gasteiger charge is 2.11. The van der Waals surface area contributed by atoms with Crippen molar-refractivity contribution in [3.05, 3.63) is 71.7 Å². The minimum Gasteiger partial charge on any atom is -0.495 e. The zero-order chi connectivity index (χ0) is 17.8. The summed E-state index contributed by atoms with van der Waals surface area (Å²) in [5.41, 5.74) is 1.07. The Morgan fingerprint density at radius 2 is 2.00 bits per heavy atom. The fraction of sp³-hybridized carbons (Fsp3) is 0.105. The predicted octanol–water partition coefficient (Wildman–Crippen LogP) is 4.40. The zero-order valence-electron chi connectivity index (χ0n) is 13.5. The molecule has 1 aromatic heterocycles. The third kappa shape index (κ3) is 3.63. The molecule has 0 radical (unpaired) electrons. The van der Waals surface area contributed by atoms with Gasteiger partial charge in [-0.2, -0.15) is 0 Å². The van der Waals surface area contributed by atoms with Gasteiger partial charge in [-0.1, -0.05) is 12.1 Å². The molecular weight excluding hydrogens is 325 g/mol. The Bertz CT molecular complexity index is 904. The van der Waals surface area contributed by atoms with E-state index in [0.29, 0.717) is 35.1 Å². The van der Waals surface area contributed by atoms with Crippen molar-refractivity contribution in [2.24, 2.45) is 0 Å². The lowest BCUT2D eigenvalue weighted by atomic mass is 10.1. The lowest BCUT2D eigenvalue weighted by Crippen LogP contribution is -2.03. The molecule has 2 N–H and O–H groups in total. The standard InChI is InChI=1S/C19H16FNO4/c1-24-18-8-6-12(19(22)23)10-16(18)21-11-13-7-9-17(25-13)14-4-2-3-5-15(14)20/h2-10,21H,11H2,1H3,(H,22,23). The first kappa shape index (κ1) is 16.6. The molecule has 128 valence electrons. The zero-order valence-corrected chi connectivity index (χ0v) is 13.5. The number of methoxy groups -OCH3 is 1. The number of aromatic carboxylic acids is 1. The number of hydrogen-bond donors (Lipinski definition) is 2. The number of carboxylic acid groups (broad SMARTS) is 1. The number of furan rings is 1. The van der Waals surface area contributed by atoms with Crippen molar-refractivity contribution in [1.82, 2.24) is 0 Å². The van der Waals surface area contributed by atoms with E-state index in [2.05, 4.69) is 5.32 Å². The highest BCUT2D eigenvalue weighted by atomic mass is 19.1. The Kier molecular flexibility index (Phi) is 4.70. The Hall–Kier alpha value is -3.28. The van der Waals surface area contributed by atoms with Crippen LogP contribution in [0.5, 0.6) is 5.75 Å². The van der Waals surface area contributed by atoms with Crippen LogP contribution in [-0.2, 0) is 6.54 Å². The summed E-state index contributed by atoms with van der Waals surface area (Å²) >= 11 is 0. The van der Waals surface area contributed by atoms with Gasteiger partial charge in [0.05, 0.1) is 30.5 Å². The van der Waals surface area contributed by atoms with E-state index in [0.717, 1.165) is 0 Å². The summed E-state index contributed by atoms with van der Waals surface area (Å²) in [6.07, 6.45) is 0. The van der Waals surface area contributed by atoms with E-state index in [1.54, 1.807) is 36.4 Å². The van der Waals surface area contributed by atoms with E-state index in [1.165, 1.54) is 25.3 Å². The number of carbonyl (C=O) groups is 1. The molecule has 0 fully saturated rings. The van der Waals surface area contributed by atoms with Crippen molar-refractivity contribution in [1.29, 1.82) is 0 Å². The number of hydrogen-bond acceptors (Lipinski definition) is 4. The predicted molar refractivity (Wildman–Crippen MR) is 91.4 cm³/mol. The van der Waals surface area contributed by atoms with Gasteiger partial charge in [-0.3, -0.25) is 0 Å². The molecule has 25 heavy (non-hydrogen) atoms. The largest absolute Gasteiger partial charge is 0.495 e. The van der Waals surface area contributed by atoms with Gasteiger partial charge in [-0.15, -0.1) is 0 Å². The third-order valence-electron chi connectivity index (χ3n) is 3.70. The highest BCUT2D eigenvalue weighted by molar-refractivity contribution is 5.89. The average Bonchev–Trinajstić information content (AvgIpc) is 3.08. The molecule has 6 heteroatoms. The minimum absolute atomic E-state index is 0.148. The van der Waals surface area contributed by atoms with Crippen molar-refractivity contribution in [2.45, 2.75) is 6.54 Å². The summed E-state index contributed by atoms with van der Waals surface area (Å²) in [5, 5.41) is 12.2. The Labute approximate surface area is 143 Å². The molecule has 0 amide bonds. The molecule has 0 aliphatic heterocycles. The summed E-state index contributed by atoms with van der Waals surface area (Å²) in [4.78, 5) is 11.1. The molecule has 2 aromatic carbocycles. The summed E-state index contributed by atoms with van der Waals surface area (Å²) in [5.74, 6) is 0.158. The lowest BCUT2D eigenvalue weighted by Gasteiger charge is -2.11. The second-order valence-electron chi connectivity index (χ2n) is 5.32. The first-order chi connectivity index (χ1) is 12.1. The van der Waals surface area contributed by atoms with E-state index in [4.69, 9.17) is 14.3 Å². The van der Waals surface area contributed by atoms with Crippen molar-refractivity contribution in [3.8, 4) is 17.1 Å². The van der Waals surface area contributed by atoms with Gasteiger partial charge < -0.3 is 19.6 Å². The van der Waals surface area contributed by atoms with Gasteiger partial charge >= 0.3 is 5.97 Å². The topological polar surface area (TPSA) is 71.7 Å². The van der Waals surface area contributed by atoms with Gasteiger partial charge in [-0.05, 0) is 42.5 Å². The summed E-state index contributed by atoms with van der Waals surface area (Å²) in [7, 11) is 1.50. The van der Waals surface area contributed by atoms with Gasteiger partial charge in [0.1, 0.15) is 23.1 Å². The van der Waals surface area contributed by atoms with E-state index in [-0.39, 0.29) is 11.4 Å². The molecule has 0 saturated heterocycles. The molecule has 0 unspecified atom stereocenters. The van der Waals surface area contributed by atoms with Crippen LogP contribution in [0.4, 0.5) is 10.1 Å². The maximum absolute atomic E-state index is 13.8. The van der Waals surface area contributed by atoms with E-state index >= 15 is 0 Å². The number of carboxylic acids is 1. The quantitative estimate of drug-likeness (QED) is 0.695. The van der Waals surface area contributed by atoms with Crippen LogP contribution in [0.15, 0.2) is 59.0 Å². The van der Waals surface area contributed by atoms with Crippen LogP contribution in [0.25, 0.3) is 11.3 Å². The van der Waals surface area contributed by atoms with Gasteiger partial charge in [-0.25, -0.2) is 9.18 Å². The van der Waals surface area contributed by atoms with Crippen molar-refractivity contribution in [3.63, 3.8) is 0 Å². The van der Waals surface area contributed by atoms with E-state index in [9.17, 15) is 9.18 Å². The molecule has 0 atom stereocenters. The van der Waals surface area contributed by atoms with Crippen LogP contribution >= 0.6 is 0 Å². The molecule has 0 saturated carbocycles. The lowest BCUT2D eigenvalue weighted by molar-refractivity contribution is 0.0697. The van der Waals surface area contributed by atoms with Crippen LogP contribution in [0.1, 0.15) is 16.1 Å². The monoisotopic (exact) mass is 341 g/mol. The second-order valence-corrected chi connectivity index (χ2v) is 5.32. The molecule has 3 aromatic rings. The third-order valence-corrected chi connectivity index (χ3v) is 3.70. The maximum atomic E-state index is 13.8.